The zero-order valence-electron chi connectivity index (χ0n) is 14.6. The van der Waals surface area contributed by atoms with Gasteiger partial charge < -0.3 is 20.7 Å². The number of ether oxygens (including phenoxy) is 1. The van der Waals surface area contributed by atoms with Crippen molar-refractivity contribution in [2.45, 2.75) is 32.3 Å². The number of para-hydroxylation sites is 2. The first-order valence-corrected chi connectivity index (χ1v) is 9.59. The molecule has 4 rings (SSSR count). The highest BCUT2D eigenvalue weighted by atomic mass is 32.1. The fourth-order valence-electron chi connectivity index (χ4n) is 3.72. The van der Waals surface area contributed by atoms with Crippen LogP contribution in [0.3, 0.4) is 0 Å². The number of anilines is 2. The molecule has 0 saturated carbocycles. The largest absolute Gasteiger partial charge is 0.487 e. The lowest BCUT2D eigenvalue weighted by Crippen LogP contribution is -2.42. The Bertz CT molecular complexity index is 877. The normalized spacial score (nSPS) is 18.0. The second kappa shape index (κ2) is 6.64. The van der Waals surface area contributed by atoms with E-state index in [-0.39, 0.29) is 18.6 Å². The first-order valence-electron chi connectivity index (χ1n) is 8.77. The molecular formula is C19H21N3O3S. The van der Waals surface area contributed by atoms with Crippen molar-refractivity contribution in [2.75, 3.05) is 23.3 Å². The van der Waals surface area contributed by atoms with Crippen LogP contribution in [0.15, 0.2) is 24.3 Å². The van der Waals surface area contributed by atoms with E-state index in [1.54, 1.807) is 0 Å². The highest BCUT2D eigenvalue weighted by molar-refractivity contribution is 7.17. The third-order valence-electron chi connectivity index (χ3n) is 4.77. The highest BCUT2D eigenvalue weighted by Crippen LogP contribution is 2.39. The van der Waals surface area contributed by atoms with Gasteiger partial charge in [-0.05, 0) is 43.9 Å². The van der Waals surface area contributed by atoms with Crippen LogP contribution in [-0.2, 0) is 17.6 Å². The molecule has 3 N–H and O–H groups in total. The number of amides is 2. The molecule has 0 spiro atoms. The van der Waals surface area contributed by atoms with E-state index in [4.69, 9.17) is 10.5 Å². The van der Waals surface area contributed by atoms with E-state index in [9.17, 15) is 9.59 Å². The van der Waals surface area contributed by atoms with Gasteiger partial charge in [0.2, 0.25) is 5.91 Å². The summed E-state index contributed by atoms with van der Waals surface area (Å²) in [5, 5.41) is 3.50. The molecule has 2 amide bonds. The number of primary amides is 1. The van der Waals surface area contributed by atoms with Gasteiger partial charge in [-0.2, -0.15) is 0 Å². The van der Waals surface area contributed by atoms with E-state index >= 15 is 0 Å². The molecule has 1 atom stereocenters. The van der Waals surface area contributed by atoms with Gasteiger partial charge in [0.1, 0.15) is 16.9 Å². The summed E-state index contributed by atoms with van der Waals surface area (Å²) < 4.78 is 5.82. The van der Waals surface area contributed by atoms with Gasteiger partial charge in [0, 0.05) is 4.88 Å². The Kier molecular flexibility index (Phi) is 4.32. The zero-order valence-corrected chi connectivity index (χ0v) is 15.4. The molecule has 136 valence electrons. The van der Waals surface area contributed by atoms with E-state index < -0.39 is 5.91 Å². The van der Waals surface area contributed by atoms with E-state index in [2.05, 4.69) is 5.32 Å². The van der Waals surface area contributed by atoms with Gasteiger partial charge in [0.05, 0.1) is 24.3 Å². The maximum Gasteiger partial charge on any atom is 0.251 e. The lowest BCUT2D eigenvalue weighted by atomic mass is 10.1. The third kappa shape index (κ3) is 3.03. The molecule has 1 aromatic heterocycles. The van der Waals surface area contributed by atoms with Crippen molar-refractivity contribution >= 4 is 33.8 Å². The van der Waals surface area contributed by atoms with Crippen LogP contribution in [0.25, 0.3) is 0 Å². The van der Waals surface area contributed by atoms with Crippen LogP contribution < -0.4 is 20.7 Å². The molecule has 1 aliphatic carbocycles. The van der Waals surface area contributed by atoms with Crippen LogP contribution in [0.1, 0.15) is 34.1 Å². The van der Waals surface area contributed by atoms with Gasteiger partial charge in [0.25, 0.3) is 5.91 Å². The summed E-state index contributed by atoms with van der Waals surface area (Å²) in [4.78, 5) is 27.7. The van der Waals surface area contributed by atoms with Crippen molar-refractivity contribution < 1.29 is 14.3 Å². The maximum atomic E-state index is 12.7. The molecule has 2 heterocycles. The minimum atomic E-state index is -0.468. The molecule has 1 unspecified atom stereocenters. The number of fused-ring (bicyclic) bond motifs is 2. The van der Waals surface area contributed by atoms with Gasteiger partial charge in [-0.1, -0.05) is 12.1 Å². The first kappa shape index (κ1) is 16.9. The number of thiophene rings is 1. The number of benzene rings is 1. The average Bonchev–Trinajstić information content (AvgIpc) is 3.14. The predicted molar refractivity (Wildman–Crippen MR) is 102 cm³/mol. The van der Waals surface area contributed by atoms with E-state index in [1.165, 1.54) is 16.2 Å². The molecule has 2 aromatic rings. The van der Waals surface area contributed by atoms with E-state index in [0.29, 0.717) is 17.1 Å². The molecule has 0 saturated heterocycles. The average molecular weight is 371 g/mol. The lowest BCUT2D eigenvalue weighted by Gasteiger charge is -2.34. The van der Waals surface area contributed by atoms with Crippen molar-refractivity contribution in [1.29, 1.82) is 0 Å². The molecule has 2 aliphatic rings. The van der Waals surface area contributed by atoms with Crippen molar-refractivity contribution in [3.05, 3.63) is 40.3 Å². The molecule has 0 bridgehead atoms. The smallest absolute Gasteiger partial charge is 0.251 e. The molecule has 26 heavy (non-hydrogen) atoms. The van der Waals surface area contributed by atoms with Crippen LogP contribution in [0.4, 0.5) is 10.7 Å². The summed E-state index contributed by atoms with van der Waals surface area (Å²) >= 11 is 1.48. The Balaban J connectivity index is 1.53. The van der Waals surface area contributed by atoms with Gasteiger partial charge in [0.15, 0.2) is 0 Å². The van der Waals surface area contributed by atoms with E-state index in [1.807, 2.05) is 36.1 Å². The molecule has 0 fully saturated rings. The Morgan fingerprint density at radius 3 is 2.96 bits per heavy atom. The number of aryl methyl sites for hydroxylation is 1. The number of rotatable bonds is 4. The fraction of sp³-hybridized carbons (Fsp3) is 0.368. The summed E-state index contributed by atoms with van der Waals surface area (Å²) in [5.41, 5.74) is 7.98. The number of carbonyl (C=O) groups excluding carboxylic acids is 2. The molecule has 1 aliphatic heterocycles. The first-order chi connectivity index (χ1) is 12.5. The second-order valence-corrected chi connectivity index (χ2v) is 7.86. The summed E-state index contributed by atoms with van der Waals surface area (Å²) in [6, 6.07) is 7.70. The van der Waals surface area contributed by atoms with Crippen LogP contribution in [0.2, 0.25) is 0 Å². The number of nitrogens with one attached hydrogen (secondary N) is 1. The number of nitrogens with zero attached hydrogens (tertiary/aromatic N) is 1. The number of hydrogen-bond donors (Lipinski definition) is 2. The van der Waals surface area contributed by atoms with Crippen LogP contribution >= 0.6 is 11.3 Å². The second-order valence-electron chi connectivity index (χ2n) is 6.75. The van der Waals surface area contributed by atoms with Crippen molar-refractivity contribution in [1.82, 2.24) is 0 Å². The lowest BCUT2D eigenvalue weighted by molar-refractivity contribution is -0.115. The fourth-order valence-corrected chi connectivity index (χ4v) is 5.03. The summed E-state index contributed by atoms with van der Waals surface area (Å²) in [6.07, 6.45) is 2.85. The van der Waals surface area contributed by atoms with Crippen molar-refractivity contribution in [3.63, 3.8) is 0 Å². The van der Waals surface area contributed by atoms with Gasteiger partial charge >= 0.3 is 0 Å². The molecule has 7 heteroatoms. The molecule has 1 aromatic carbocycles. The number of carbonyl (C=O) groups is 2. The van der Waals surface area contributed by atoms with Gasteiger partial charge in [-0.15, -0.1) is 11.3 Å². The predicted octanol–water partition coefficient (Wildman–Crippen LogP) is 2.56. The van der Waals surface area contributed by atoms with Crippen LogP contribution in [0.5, 0.6) is 5.75 Å². The van der Waals surface area contributed by atoms with Crippen LogP contribution in [0, 0.1) is 0 Å². The maximum absolute atomic E-state index is 12.7. The summed E-state index contributed by atoms with van der Waals surface area (Å²) in [5.74, 6) is 0.161. The molecule has 0 radical (unpaired) electrons. The van der Waals surface area contributed by atoms with Crippen molar-refractivity contribution in [3.8, 4) is 5.75 Å². The highest BCUT2D eigenvalue weighted by Gasteiger charge is 2.28. The van der Waals surface area contributed by atoms with E-state index in [0.717, 1.165) is 36.3 Å². The van der Waals surface area contributed by atoms with Gasteiger partial charge in [-0.25, -0.2) is 0 Å². The quantitative estimate of drug-likeness (QED) is 0.865. The summed E-state index contributed by atoms with van der Waals surface area (Å²) in [7, 11) is 0. The van der Waals surface area contributed by atoms with Crippen LogP contribution in [-0.4, -0.2) is 31.0 Å². The topological polar surface area (TPSA) is 84.7 Å². The Morgan fingerprint density at radius 1 is 1.35 bits per heavy atom. The summed E-state index contributed by atoms with van der Waals surface area (Å²) in [6.45, 7) is 2.81. The minimum absolute atomic E-state index is 0.00409. The number of hydrogen-bond acceptors (Lipinski definition) is 5. The minimum Gasteiger partial charge on any atom is -0.487 e. The molecular weight excluding hydrogens is 350 g/mol. The standard InChI is InChI=1S/C19H21N3O3S/c1-11-9-22(13-6-2-3-7-14(13)25-11)10-16(23)21-19-17(18(20)24)12-5-4-8-15(12)26-19/h2-3,6-7,11H,4-5,8-10H2,1H3,(H2,20,24)(H,21,23). The van der Waals surface area contributed by atoms with Crippen molar-refractivity contribution in [2.24, 2.45) is 5.73 Å². The monoisotopic (exact) mass is 371 g/mol. The molecule has 6 nitrogen and oxygen atoms in total. The SMILES string of the molecule is CC1CN(CC(=O)Nc2sc3c(c2C(N)=O)CCC3)c2ccccc2O1. The Labute approximate surface area is 155 Å². The Hall–Kier alpha value is -2.54. The Morgan fingerprint density at radius 2 is 2.15 bits per heavy atom. The van der Waals surface area contributed by atoms with Gasteiger partial charge in [-0.3, -0.25) is 9.59 Å². The number of nitrogens with two attached hydrogens (primary N) is 1. The zero-order chi connectivity index (χ0) is 18.3. The third-order valence-corrected chi connectivity index (χ3v) is 5.97.